The molecule has 8 heteroatoms. The molecule has 1 aliphatic rings. The Morgan fingerprint density at radius 2 is 2.39 bits per heavy atom. The molecule has 0 aromatic carbocycles. The fourth-order valence-corrected chi connectivity index (χ4v) is 3.08. The van der Waals surface area contributed by atoms with E-state index in [1.807, 2.05) is 6.08 Å². The van der Waals surface area contributed by atoms with E-state index in [2.05, 4.69) is 26.8 Å². The van der Waals surface area contributed by atoms with Crippen LogP contribution in [0.3, 0.4) is 0 Å². The molecule has 7 nitrogen and oxygen atoms in total. The Balaban J connectivity index is 1.99. The molecular formula is C10H17N5O2S. The van der Waals surface area contributed by atoms with Crippen molar-refractivity contribution in [3.63, 3.8) is 0 Å². The fraction of sp³-hybridized carbons (Fsp3) is 0.600. The van der Waals surface area contributed by atoms with Crippen LogP contribution in [0, 0.1) is 5.92 Å². The predicted octanol–water partition coefficient (Wildman–Crippen LogP) is 0.875. The number of nitrogens with one attached hydrogen (secondary N) is 2. The van der Waals surface area contributed by atoms with Crippen molar-refractivity contribution in [3.8, 4) is 0 Å². The van der Waals surface area contributed by atoms with Gasteiger partial charge in [-0.25, -0.2) is 18.2 Å². The number of H-pyrrole nitrogens is 1. The Labute approximate surface area is 106 Å². The van der Waals surface area contributed by atoms with Gasteiger partial charge in [-0.15, -0.1) is 5.10 Å². The number of rotatable bonds is 4. The van der Waals surface area contributed by atoms with Gasteiger partial charge in [-0.2, -0.15) is 4.98 Å². The van der Waals surface area contributed by atoms with Gasteiger partial charge in [0.2, 0.25) is 16.0 Å². The molecule has 1 aromatic heterocycles. The first-order valence-corrected chi connectivity index (χ1v) is 7.46. The van der Waals surface area contributed by atoms with Crippen molar-refractivity contribution in [1.29, 1.82) is 0 Å². The zero-order valence-electron chi connectivity index (χ0n) is 10.2. The third-order valence-electron chi connectivity index (χ3n) is 2.89. The largest absolute Gasteiger partial charge is 0.368 e. The standard InChI is InChI=1S/C10H17N5O2S/c1-7-2-4-8(5-3-7)6-18(16,17)15-10-12-9(11)13-14-10/h4,7H,2-3,5-6H2,1H3,(H4,11,12,13,14,15). The van der Waals surface area contributed by atoms with Crippen molar-refractivity contribution in [2.75, 3.05) is 16.2 Å². The van der Waals surface area contributed by atoms with Gasteiger partial charge in [0.25, 0.3) is 5.95 Å². The third-order valence-corrected chi connectivity index (χ3v) is 4.14. The minimum absolute atomic E-state index is 0.00579. The second kappa shape index (κ2) is 4.97. The highest BCUT2D eigenvalue weighted by molar-refractivity contribution is 7.92. The summed E-state index contributed by atoms with van der Waals surface area (Å²) in [5, 5.41) is 6.01. The SMILES string of the molecule is CC1CC=C(CS(=O)(=O)Nc2n[nH]c(N)n2)CC1. The van der Waals surface area contributed by atoms with E-state index in [1.165, 1.54) is 0 Å². The molecule has 2 rings (SSSR count). The van der Waals surface area contributed by atoms with Gasteiger partial charge in [-0.1, -0.05) is 18.6 Å². The Hall–Kier alpha value is -1.57. The summed E-state index contributed by atoms with van der Waals surface area (Å²) in [4.78, 5) is 3.70. The molecule has 0 spiro atoms. The number of hydrogen-bond donors (Lipinski definition) is 3. The monoisotopic (exact) mass is 271 g/mol. The number of anilines is 2. The maximum Gasteiger partial charge on any atom is 0.257 e. The lowest BCUT2D eigenvalue weighted by Gasteiger charge is -2.18. The summed E-state index contributed by atoms with van der Waals surface area (Å²) in [5.74, 6) is 0.696. The first kappa shape index (κ1) is 12.9. The maximum atomic E-state index is 11.9. The number of nitrogen functional groups attached to an aromatic ring is 1. The van der Waals surface area contributed by atoms with Crippen molar-refractivity contribution < 1.29 is 8.42 Å². The van der Waals surface area contributed by atoms with Gasteiger partial charge in [0, 0.05) is 0 Å². The van der Waals surface area contributed by atoms with Crippen LogP contribution in [-0.2, 0) is 10.0 Å². The van der Waals surface area contributed by atoms with Crippen LogP contribution in [0.25, 0.3) is 0 Å². The highest BCUT2D eigenvalue weighted by atomic mass is 32.2. The van der Waals surface area contributed by atoms with Gasteiger partial charge in [0.1, 0.15) is 0 Å². The molecule has 1 atom stereocenters. The van der Waals surface area contributed by atoms with E-state index in [4.69, 9.17) is 5.73 Å². The van der Waals surface area contributed by atoms with Crippen molar-refractivity contribution in [2.24, 2.45) is 5.92 Å². The smallest absolute Gasteiger partial charge is 0.257 e. The minimum atomic E-state index is -3.46. The van der Waals surface area contributed by atoms with Crippen LogP contribution >= 0.6 is 0 Å². The quantitative estimate of drug-likeness (QED) is 0.703. The molecule has 0 bridgehead atoms. The van der Waals surface area contributed by atoms with Gasteiger partial charge in [0.15, 0.2) is 0 Å². The summed E-state index contributed by atoms with van der Waals surface area (Å²) >= 11 is 0. The summed E-state index contributed by atoms with van der Waals surface area (Å²) in [6.07, 6.45) is 4.82. The number of hydrogen-bond acceptors (Lipinski definition) is 5. The minimum Gasteiger partial charge on any atom is -0.368 e. The van der Waals surface area contributed by atoms with E-state index in [0.29, 0.717) is 5.92 Å². The topological polar surface area (TPSA) is 114 Å². The van der Waals surface area contributed by atoms with Gasteiger partial charge in [-0.3, -0.25) is 0 Å². The van der Waals surface area contributed by atoms with Gasteiger partial charge in [-0.05, 0) is 25.2 Å². The molecule has 18 heavy (non-hydrogen) atoms. The Morgan fingerprint density at radius 1 is 1.61 bits per heavy atom. The lowest BCUT2D eigenvalue weighted by Crippen LogP contribution is -2.20. The van der Waals surface area contributed by atoms with E-state index >= 15 is 0 Å². The first-order valence-electron chi connectivity index (χ1n) is 5.81. The summed E-state index contributed by atoms with van der Waals surface area (Å²) < 4.78 is 26.0. The van der Waals surface area contributed by atoms with E-state index in [1.54, 1.807) is 0 Å². The average Bonchev–Trinajstić information content (AvgIpc) is 2.66. The highest BCUT2D eigenvalue weighted by Gasteiger charge is 2.18. The molecule has 1 aliphatic carbocycles. The average molecular weight is 271 g/mol. The lowest BCUT2D eigenvalue weighted by atomic mass is 9.92. The lowest BCUT2D eigenvalue weighted by molar-refractivity contribution is 0.513. The van der Waals surface area contributed by atoms with Crippen molar-refractivity contribution in [3.05, 3.63) is 11.6 Å². The number of allylic oxidation sites excluding steroid dienone is 1. The summed E-state index contributed by atoms with van der Waals surface area (Å²) in [5.41, 5.74) is 6.27. The molecule has 0 saturated heterocycles. The second-order valence-corrected chi connectivity index (χ2v) is 6.37. The molecule has 0 fully saturated rings. The molecule has 0 aliphatic heterocycles. The second-order valence-electron chi connectivity index (χ2n) is 4.65. The number of aromatic nitrogens is 3. The Morgan fingerprint density at radius 3 is 2.94 bits per heavy atom. The third kappa shape index (κ3) is 3.46. The number of sulfonamides is 1. The zero-order valence-corrected chi connectivity index (χ0v) is 11.0. The molecule has 1 aromatic rings. The number of nitrogens with two attached hydrogens (primary N) is 1. The van der Waals surface area contributed by atoms with Gasteiger partial charge in [0.05, 0.1) is 5.75 Å². The molecule has 0 radical (unpaired) electrons. The molecule has 100 valence electrons. The summed E-state index contributed by atoms with van der Waals surface area (Å²) in [6.45, 7) is 2.16. The van der Waals surface area contributed by atoms with Crippen molar-refractivity contribution in [2.45, 2.75) is 26.2 Å². The van der Waals surface area contributed by atoms with E-state index < -0.39 is 10.0 Å². The zero-order chi connectivity index (χ0) is 13.2. The number of aromatic amines is 1. The summed E-state index contributed by atoms with van der Waals surface area (Å²) in [6, 6.07) is 0. The molecular weight excluding hydrogens is 254 g/mol. The Bertz CT molecular complexity index is 548. The van der Waals surface area contributed by atoms with Crippen LogP contribution in [-0.4, -0.2) is 29.4 Å². The normalized spacial score (nSPS) is 20.5. The highest BCUT2D eigenvalue weighted by Crippen LogP contribution is 2.23. The van der Waals surface area contributed by atoms with Crippen LogP contribution in [0.2, 0.25) is 0 Å². The molecule has 0 saturated carbocycles. The van der Waals surface area contributed by atoms with Crippen molar-refractivity contribution in [1.82, 2.24) is 15.2 Å². The van der Waals surface area contributed by atoms with Crippen LogP contribution in [0.1, 0.15) is 26.2 Å². The van der Waals surface area contributed by atoms with Gasteiger partial charge >= 0.3 is 0 Å². The first-order chi connectivity index (χ1) is 8.44. The van der Waals surface area contributed by atoms with Crippen LogP contribution in [0.5, 0.6) is 0 Å². The molecule has 1 heterocycles. The van der Waals surface area contributed by atoms with Crippen molar-refractivity contribution >= 4 is 21.9 Å². The Kier molecular flexibility index (Phi) is 3.55. The molecule has 0 amide bonds. The molecule has 1 unspecified atom stereocenters. The molecule has 4 N–H and O–H groups in total. The van der Waals surface area contributed by atoms with E-state index in [-0.39, 0.29) is 17.6 Å². The van der Waals surface area contributed by atoms with Gasteiger partial charge < -0.3 is 5.73 Å². The van der Waals surface area contributed by atoms with Crippen LogP contribution in [0.4, 0.5) is 11.9 Å². The number of nitrogens with zero attached hydrogens (tertiary/aromatic N) is 2. The van der Waals surface area contributed by atoms with Crippen LogP contribution in [0.15, 0.2) is 11.6 Å². The maximum absolute atomic E-state index is 11.9. The van der Waals surface area contributed by atoms with E-state index in [9.17, 15) is 8.42 Å². The fourth-order valence-electron chi connectivity index (χ4n) is 1.89. The van der Waals surface area contributed by atoms with E-state index in [0.717, 1.165) is 24.8 Å². The van der Waals surface area contributed by atoms with Crippen LogP contribution < -0.4 is 10.5 Å². The predicted molar refractivity (Wildman–Crippen MR) is 69.3 cm³/mol. The summed E-state index contributed by atoms with van der Waals surface area (Å²) in [7, 11) is -3.46.